The first kappa shape index (κ1) is 23.0. The lowest BCUT2D eigenvalue weighted by Crippen LogP contribution is -2.29. The van der Waals surface area contributed by atoms with Crippen LogP contribution in [0.5, 0.6) is 0 Å². The molecule has 7 nitrogen and oxygen atoms in total. The summed E-state index contributed by atoms with van der Waals surface area (Å²) in [5.74, 6) is -0.992. The van der Waals surface area contributed by atoms with Gasteiger partial charge in [0.2, 0.25) is 10.0 Å². The smallest absolute Gasteiger partial charge is 0.339 e. The van der Waals surface area contributed by atoms with Crippen LogP contribution in [0.15, 0.2) is 72.8 Å². The Kier molecular flexibility index (Phi) is 6.95. The van der Waals surface area contributed by atoms with Crippen molar-refractivity contribution in [3.8, 4) is 0 Å². The van der Waals surface area contributed by atoms with Crippen LogP contribution in [0, 0.1) is 6.92 Å². The van der Waals surface area contributed by atoms with Gasteiger partial charge >= 0.3 is 5.97 Å². The maximum Gasteiger partial charge on any atom is 0.339 e. The average molecular weight is 453 g/mol. The third-order valence-corrected chi connectivity index (χ3v) is 6.11. The zero-order valence-electron chi connectivity index (χ0n) is 18.0. The molecule has 0 aliphatic carbocycles. The van der Waals surface area contributed by atoms with Gasteiger partial charge in [-0.1, -0.05) is 36.4 Å². The van der Waals surface area contributed by atoms with Gasteiger partial charge in [0.25, 0.3) is 5.91 Å². The highest BCUT2D eigenvalue weighted by atomic mass is 32.2. The summed E-state index contributed by atoms with van der Waals surface area (Å²) in [4.78, 5) is 24.6. The minimum absolute atomic E-state index is 0.184. The van der Waals surface area contributed by atoms with Crippen molar-refractivity contribution in [2.75, 3.05) is 23.0 Å². The number of carbonyl (C=O) groups is 2. The molecule has 0 fully saturated rings. The van der Waals surface area contributed by atoms with Gasteiger partial charge in [0.05, 0.1) is 36.8 Å². The molecule has 32 heavy (non-hydrogen) atoms. The van der Waals surface area contributed by atoms with E-state index < -0.39 is 21.9 Å². The van der Waals surface area contributed by atoms with Gasteiger partial charge in [-0.3, -0.25) is 9.10 Å². The highest BCUT2D eigenvalue weighted by molar-refractivity contribution is 7.92. The number of para-hydroxylation sites is 1. The zero-order valence-corrected chi connectivity index (χ0v) is 18.8. The summed E-state index contributed by atoms with van der Waals surface area (Å²) < 4.78 is 30.9. The van der Waals surface area contributed by atoms with Gasteiger partial charge < -0.3 is 10.1 Å². The first-order valence-electron chi connectivity index (χ1n) is 9.81. The highest BCUT2D eigenvalue weighted by Gasteiger charge is 2.20. The van der Waals surface area contributed by atoms with Crippen LogP contribution in [0.3, 0.4) is 0 Å². The lowest BCUT2D eigenvalue weighted by molar-refractivity contribution is 0.0602. The largest absolute Gasteiger partial charge is 0.465 e. The summed E-state index contributed by atoms with van der Waals surface area (Å²) in [6.45, 7) is 2.11. The van der Waals surface area contributed by atoms with Crippen molar-refractivity contribution in [3.63, 3.8) is 0 Å². The Morgan fingerprint density at radius 3 is 2.19 bits per heavy atom. The number of nitrogens with one attached hydrogen (secondary N) is 1. The van der Waals surface area contributed by atoms with Crippen LogP contribution < -0.4 is 9.62 Å². The minimum Gasteiger partial charge on any atom is -0.465 e. The molecule has 0 unspecified atom stereocenters. The minimum atomic E-state index is -3.55. The molecule has 0 heterocycles. The fraction of sp³-hybridized carbons (Fsp3) is 0.167. The maximum absolute atomic E-state index is 12.7. The first-order chi connectivity index (χ1) is 15.2. The van der Waals surface area contributed by atoms with E-state index in [4.69, 9.17) is 4.74 Å². The molecule has 3 aromatic carbocycles. The molecule has 1 N–H and O–H groups in total. The van der Waals surface area contributed by atoms with Gasteiger partial charge in [-0.2, -0.15) is 0 Å². The van der Waals surface area contributed by atoms with Gasteiger partial charge in [-0.15, -0.1) is 0 Å². The van der Waals surface area contributed by atoms with E-state index in [1.807, 2.05) is 31.2 Å². The number of rotatable bonds is 7. The van der Waals surface area contributed by atoms with E-state index >= 15 is 0 Å². The summed E-state index contributed by atoms with van der Waals surface area (Å²) in [6, 6.07) is 20.4. The number of carbonyl (C=O) groups excluding carboxylic acids is 2. The Morgan fingerprint density at radius 1 is 0.938 bits per heavy atom. The lowest BCUT2D eigenvalue weighted by atomic mass is 10.1. The van der Waals surface area contributed by atoms with Crippen LogP contribution in [-0.4, -0.2) is 33.7 Å². The number of anilines is 2. The van der Waals surface area contributed by atoms with Crippen molar-refractivity contribution >= 4 is 33.3 Å². The third-order valence-electron chi connectivity index (χ3n) is 4.97. The number of ether oxygens (including phenoxy) is 1. The van der Waals surface area contributed by atoms with Gasteiger partial charge in [0.1, 0.15) is 0 Å². The summed E-state index contributed by atoms with van der Waals surface area (Å²) in [7, 11) is -2.28. The Labute approximate surface area is 187 Å². The number of aryl methyl sites for hydroxylation is 1. The van der Waals surface area contributed by atoms with E-state index in [-0.39, 0.29) is 12.1 Å². The van der Waals surface area contributed by atoms with E-state index in [0.29, 0.717) is 16.9 Å². The summed E-state index contributed by atoms with van der Waals surface area (Å²) in [5.41, 5.74) is 3.20. The molecule has 0 bridgehead atoms. The standard InChI is InChI=1S/C24H24N2O5S/c1-17-8-4-5-9-19(17)16-26(32(3,29)30)20-14-12-18(13-15-20)23(27)25-22-11-7-6-10-21(22)24(28)31-2/h4-15H,16H2,1-3H3,(H,25,27). The van der Waals surface area contributed by atoms with Gasteiger partial charge in [0, 0.05) is 5.56 Å². The fourth-order valence-electron chi connectivity index (χ4n) is 3.20. The summed E-state index contributed by atoms with van der Waals surface area (Å²) in [6.07, 6.45) is 1.15. The predicted molar refractivity (Wildman–Crippen MR) is 124 cm³/mol. The van der Waals surface area contributed by atoms with Gasteiger partial charge in [-0.25, -0.2) is 13.2 Å². The van der Waals surface area contributed by atoms with E-state index in [9.17, 15) is 18.0 Å². The number of hydrogen-bond acceptors (Lipinski definition) is 5. The van der Waals surface area contributed by atoms with Gasteiger partial charge in [-0.05, 0) is 54.4 Å². The molecule has 0 aliphatic rings. The molecule has 0 saturated carbocycles. The Balaban J connectivity index is 1.84. The van der Waals surface area contributed by atoms with E-state index in [1.165, 1.54) is 11.4 Å². The molecule has 3 rings (SSSR count). The number of esters is 1. The average Bonchev–Trinajstić information content (AvgIpc) is 2.77. The lowest BCUT2D eigenvalue weighted by Gasteiger charge is -2.23. The molecule has 0 saturated heterocycles. The Hall–Kier alpha value is -3.65. The third kappa shape index (κ3) is 5.33. The van der Waals surface area contributed by atoms with Gasteiger partial charge in [0.15, 0.2) is 0 Å². The van der Waals surface area contributed by atoms with Crippen molar-refractivity contribution in [1.82, 2.24) is 0 Å². The van der Waals surface area contributed by atoms with Crippen LogP contribution in [0.1, 0.15) is 31.8 Å². The van der Waals surface area contributed by atoms with Crippen molar-refractivity contribution < 1.29 is 22.7 Å². The number of methoxy groups -OCH3 is 1. The molecular formula is C24H24N2O5S. The molecule has 0 radical (unpaired) electrons. The molecule has 0 aromatic heterocycles. The molecule has 8 heteroatoms. The van der Waals surface area contributed by atoms with Crippen molar-refractivity contribution in [2.24, 2.45) is 0 Å². The molecule has 0 aliphatic heterocycles. The van der Waals surface area contributed by atoms with Crippen LogP contribution in [0.25, 0.3) is 0 Å². The normalized spacial score (nSPS) is 11.0. The van der Waals surface area contributed by atoms with E-state index in [1.54, 1.807) is 48.5 Å². The van der Waals surface area contributed by atoms with E-state index in [0.717, 1.165) is 17.4 Å². The van der Waals surface area contributed by atoms with Crippen molar-refractivity contribution in [1.29, 1.82) is 0 Å². The molecule has 166 valence electrons. The number of amides is 1. The first-order valence-corrected chi connectivity index (χ1v) is 11.7. The van der Waals surface area contributed by atoms with Crippen molar-refractivity contribution in [3.05, 3.63) is 95.1 Å². The number of benzene rings is 3. The fourth-order valence-corrected chi connectivity index (χ4v) is 4.07. The van der Waals surface area contributed by atoms with Crippen LogP contribution in [-0.2, 0) is 21.3 Å². The quantitative estimate of drug-likeness (QED) is 0.547. The monoisotopic (exact) mass is 452 g/mol. The van der Waals surface area contributed by atoms with Crippen molar-refractivity contribution in [2.45, 2.75) is 13.5 Å². The summed E-state index contributed by atoms with van der Waals surface area (Å²) in [5, 5.41) is 2.70. The summed E-state index contributed by atoms with van der Waals surface area (Å²) >= 11 is 0. The Morgan fingerprint density at radius 2 is 1.56 bits per heavy atom. The highest BCUT2D eigenvalue weighted by Crippen LogP contribution is 2.23. The van der Waals surface area contributed by atoms with E-state index in [2.05, 4.69) is 5.32 Å². The SMILES string of the molecule is COC(=O)c1ccccc1NC(=O)c1ccc(N(Cc2ccccc2C)S(C)(=O)=O)cc1. The molecular weight excluding hydrogens is 428 g/mol. The predicted octanol–water partition coefficient (Wildman–Crippen LogP) is 4.00. The Bertz CT molecular complexity index is 1240. The molecule has 3 aromatic rings. The number of nitrogens with zero attached hydrogens (tertiary/aromatic N) is 1. The number of sulfonamides is 1. The second-order valence-corrected chi connectivity index (χ2v) is 9.14. The van der Waals surface area contributed by atoms with Crippen LogP contribution in [0.4, 0.5) is 11.4 Å². The number of hydrogen-bond donors (Lipinski definition) is 1. The second kappa shape index (κ2) is 9.65. The maximum atomic E-state index is 12.7. The zero-order chi connectivity index (χ0) is 23.3. The molecule has 0 spiro atoms. The topological polar surface area (TPSA) is 92.8 Å². The molecule has 0 atom stereocenters. The van der Waals surface area contributed by atoms with Crippen LogP contribution >= 0.6 is 0 Å². The second-order valence-electron chi connectivity index (χ2n) is 7.23. The molecule has 1 amide bonds. The van der Waals surface area contributed by atoms with Crippen LogP contribution in [0.2, 0.25) is 0 Å².